The molecule has 0 spiro atoms. The quantitative estimate of drug-likeness (QED) is 0.303. The normalized spacial score (nSPS) is 36.1. The molecule has 3 fully saturated rings. The zero-order chi connectivity index (χ0) is 31.8. The highest BCUT2D eigenvalue weighted by atomic mass is 35.5. The number of para-hydroxylation sites is 1. The predicted octanol–water partition coefficient (Wildman–Crippen LogP) is 2.61. The molecule has 2 aromatic rings. The Bertz CT molecular complexity index is 1680. The Balaban J connectivity index is 1.48. The molecule has 236 valence electrons. The fourth-order valence-corrected chi connectivity index (χ4v) is 9.17. The molecule has 2 bridgehead atoms. The molecule has 1 aromatic heterocycles. The van der Waals surface area contributed by atoms with E-state index in [0.717, 1.165) is 10.1 Å². The molecule has 1 N–H and O–H groups in total. The number of aliphatic hydroxyl groups is 1. The lowest BCUT2D eigenvalue weighted by atomic mass is 9.46. The zero-order valence-corrected chi connectivity index (χ0v) is 26.1. The Labute approximate surface area is 259 Å². The Morgan fingerprint density at radius 3 is 2.41 bits per heavy atom. The summed E-state index contributed by atoms with van der Waals surface area (Å²) in [6.07, 6.45) is 1.46. The van der Waals surface area contributed by atoms with Crippen LogP contribution in [0.5, 0.6) is 0 Å². The average molecular weight is 628 g/mol. The van der Waals surface area contributed by atoms with Gasteiger partial charge < -0.3 is 14.6 Å². The van der Waals surface area contributed by atoms with Gasteiger partial charge >= 0.3 is 23.3 Å². The third-order valence-electron chi connectivity index (χ3n) is 11.5. The number of aromatic nitrogens is 3. The number of allylic oxidation sites excluding steroid dienone is 2. The van der Waals surface area contributed by atoms with E-state index in [9.17, 15) is 29.1 Å². The molecule has 0 saturated heterocycles. The van der Waals surface area contributed by atoms with Crippen LogP contribution in [0.15, 0.2) is 51.6 Å². The summed E-state index contributed by atoms with van der Waals surface area (Å²) in [6, 6.07) is 8.72. The van der Waals surface area contributed by atoms with E-state index in [-0.39, 0.29) is 43.7 Å². The minimum atomic E-state index is -1.96. The van der Waals surface area contributed by atoms with Crippen LogP contribution >= 0.6 is 11.6 Å². The number of ether oxygens (including phenoxy) is 2. The lowest BCUT2D eigenvalue weighted by Gasteiger charge is -2.60. The van der Waals surface area contributed by atoms with E-state index in [2.05, 4.69) is 0 Å². The van der Waals surface area contributed by atoms with E-state index >= 15 is 0 Å². The van der Waals surface area contributed by atoms with Gasteiger partial charge in [0, 0.05) is 24.2 Å². The van der Waals surface area contributed by atoms with Crippen LogP contribution in [0.2, 0.25) is 0 Å². The molecule has 0 unspecified atom stereocenters. The fourth-order valence-electron chi connectivity index (χ4n) is 9.11. The molecule has 3 aliphatic carbocycles. The van der Waals surface area contributed by atoms with Crippen LogP contribution in [-0.4, -0.2) is 60.4 Å². The molecule has 12 heteroatoms. The van der Waals surface area contributed by atoms with Crippen molar-refractivity contribution in [1.29, 1.82) is 0 Å². The van der Waals surface area contributed by atoms with Crippen LogP contribution in [0.1, 0.15) is 53.4 Å². The minimum Gasteiger partial charge on any atom is -0.461 e. The number of hydrogen-bond donors (Lipinski definition) is 1. The number of fused-ring (bicyclic) bond motifs is 1. The number of rotatable bonds is 5. The Kier molecular flexibility index (Phi) is 7.35. The summed E-state index contributed by atoms with van der Waals surface area (Å²) in [7, 11) is 0. The topological polar surface area (TPSA) is 139 Å². The number of nitrogens with zero attached hydrogens (tertiary/aromatic N) is 3. The molecule has 44 heavy (non-hydrogen) atoms. The second-order valence-electron chi connectivity index (χ2n) is 13.2. The molecule has 0 radical (unpaired) electrons. The van der Waals surface area contributed by atoms with Gasteiger partial charge in [0.15, 0.2) is 6.10 Å². The molecule has 0 amide bonds. The summed E-state index contributed by atoms with van der Waals surface area (Å²) in [5.41, 5.74) is -3.79. The summed E-state index contributed by atoms with van der Waals surface area (Å²) in [5, 5.41) is 12.9. The van der Waals surface area contributed by atoms with Gasteiger partial charge in [-0.25, -0.2) is 23.5 Å². The molecular formula is C32H38ClN3O8. The van der Waals surface area contributed by atoms with Crippen LogP contribution in [0, 0.1) is 28.6 Å². The monoisotopic (exact) mass is 627 g/mol. The lowest BCUT2D eigenvalue weighted by Crippen LogP contribution is -2.69. The van der Waals surface area contributed by atoms with Gasteiger partial charge in [-0.1, -0.05) is 45.0 Å². The lowest BCUT2D eigenvalue weighted by molar-refractivity contribution is -0.234. The van der Waals surface area contributed by atoms with Gasteiger partial charge in [-0.15, -0.1) is 11.6 Å². The van der Waals surface area contributed by atoms with Gasteiger partial charge in [0.2, 0.25) is 5.78 Å². The van der Waals surface area contributed by atoms with Gasteiger partial charge in [0.25, 0.3) is 0 Å². The van der Waals surface area contributed by atoms with Crippen molar-refractivity contribution in [2.75, 3.05) is 5.88 Å². The Morgan fingerprint density at radius 1 is 1.07 bits per heavy atom. The fraction of sp³-hybridized carbons (Fsp3) is 0.594. The van der Waals surface area contributed by atoms with E-state index in [4.69, 9.17) is 21.1 Å². The van der Waals surface area contributed by atoms with Gasteiger partial charge in [-0.2, -0.15) is 0 Å². The second kappa shape index (κ2) is 10.6. The number of Topliss-reactive ketones (excluding diaryl/α,β-unsaturated/α-hetero) is 1. The highest BCUT2D eigenvalue weighted by Crippen LogP contribution is 2.71. The highest BCUT2D eigenvalue weighted by Gasteiger charge is 2.79. The van der Waals surface area contributed by atoms with Gasteiger partial charge in [-0.05, 0) is 54.7 Å². The summed E-state index contributed by atoms with van der Waals surface area (Å²) in [6.45, 7) is 7.24. The van der Waals surface area contributed by atoms with Crippen molar-refractivity contribution in [2.45, 2.75) is 84.3 Å². The summed E-state index contributed by atoms with van der Waals surface area (Å²) >= 11 is 5.89. The van der Waals surface area contributed by atoms with Crippen molar-refractivity contribution in [2.24, 2.45) is 28.6 Å². The molecule has 11 nitrogen and oxygen atoms in total. The molecule has 4 aliphatic rings. The first-order valence-corrected chi connectivity index (χ1v) is 15.7. The van der Waals surface area contributed by atoms with E-state index in [1.165, 1.54) is 16.3 Å². The first-order chi connectivity index (χ1) is 20.8. The molecular weight excluding hydrogens is 590 g/mol. The second-order valence-corrected chi connectivity index (χ2v) is 13.4. The van der Waals surface area contributed by atoms with Gasteiger partial charge in [0.1, 0.15) is 17.6 Å². The molecule has 3 saturated carbocycles. The number of ketones is 1. The molecule has 6 rings (SSSR count). The summed E-state index contributed by atoms with van der Waals surface area (Å²) in [4.78, 5) is 66.0. The number of halogens is 1. The maximum absolute atomic E-state index is 14.2. The van der Waals surface area contributed by atoms with Crippen molar-refractivity contribution < 1.29 is 29.0 Å². The van der Waals surface area contributed by atoms with Crippen molar-refractivity contribution in [1.82, 2.24) is 13.9 Å². The number of esters is 2. The minimum absolute atomic E-state index is 0.112. The summed E-state index contributed by atoms with van der Waals surface area (Å²) in [5.74, 6) is -3.16. The predicted molar refractivity (Wildman–Crippen MR) is 159 cm³/mol. The number of carbonyl (C=O) groups is 3. The van der Waals surface area contributed by atoms with Crippen LogP contribution < -0.4 is 11.4 Å². The third kappa shape index (κ3) is 4.00. The maximum atomic E-state index is 14.2. The molecule has 1 aromatic carbocycles. The van der Waals surface area contributed by atoms with Crippen molar-refractivity contribution >= 4 is 29.3 Å². The number of alkyl halides is 1. The zero-order valence-electron chi connectivity index (χ0n) is 25.3. The van der Waals surface area contributed by atoms with E-state index < -0.39 is 63.6 Å². The largest absolute Gasteiger partial charge is 0.461 e. The van der Waals surface area contributed by atoms with Crippen LogP contribution in [-0.2, 0) is 36.9 Å². The van der Waals surface area contributed by atoms with E-state index in [0.29, 0.717) is 18.5 Å². The van der Waals surface area contributed by atoms with Crippen molar-refractivity contribution in [3.05, 3.63) is 62.9 Å². The first kappa shape index (κ1) is 30.6. The molecule has 8 atom stereocenters. The van der Waals surface area contributed by atoms with Crippen LogP contribution in [0.4, 0.5) is 0 Å². The number of hydrogen-bond acceptors (Lipinski definition) is 8. The van der Waals surface area contributed by atoms with Gasteiger partial charge in [0.05, 0.1) is 18.8 Å². The molecule has 1 aliphatic heterocycles. The van der Waals surface area contributed by atoms with Crippen molar-refractivity contribution in [3.8, 4) is 5.69 Å². The average Bonchev–Trinajstić information content (AvgIpc) is 3.38. The van der Waals surface area contributed by atoms with Crippen molar-refractivity contribution in [3.63, 3.8) is 0 Å². The SMILES string of the molecule is CC(=O)O[C@H]1C[C@@]23CC[C@@H](C)[C@@](C)([C@H](OC(=O)CCl)C[C@@H](C4=CCn5c(=O)n(-c6ccccc6)c(=O)n5C4)[C@@H]2C)[C@]3(O)C1=O. The Morgan fingerprint density at radius 2 is 1.75 bits per heavy atom. The maximum Gasteiger partial charge on any atom is 0.352 e. The first-order valence-electron chi connectivity index (χ1n) is 15.2. The summed E-state index contributed by atoms with van der Waals surface area (Å²) < 4.78 is 15.5. The highest BCUT2D eigenvalue weighted by molar-refractivity contribution is 6.26. The van der Waals surface area contributed by atoms with Crippen LogP contribution in [0.3, 0.4) is 0 Å². The van der Waals surface area contributed by atoms with Crippen LogP contribution in [0.25, 0.3) is 5.69 Å². The van der Waals surface area contributed by atoms with E-state index in [1.54, 1.807) is 37.3 Å². The standard InChI is InChI=1S/C32H38ClN3O8/c1-18-10-12-31-15-24(43-20(3)37)27(39)32(31,42)30(18,4)25(44-26(38)16-33)14-23(19(31)2)21-11-13-34-28(40)36(29(41)35(34)17-21)22-8-6-5-7-9-22/h5-9,11,18-19,23-25,42H,10,12-17H2,1-4H3/t18-,19+,23-,24+,25-,30+,31+,32-/m1/s1. The van der Waals surface area contributed by atoms with Gasteiger partial charge in [-0.3, -0.25) is 14.4 Å². The third-order valence-corrected chi connectivity index (χ3v) is 11.7. The Hall–Kier alpha value is -3.44. The molecule has 2 heterocycles. The number of carbonyl (C=O) groups excluding carboxylic acids is 3. The smallest absolute Gasteiger partial charge is 0.352 e. The number of benzene rings is 1. The van der Waals surface area contributed by atoms with E-state index in [1.807, 2.05) is 19.9 Å².